The number of hydrogen-bond donors (Lipinski definition) is 1. The monoisotopic (exact) mass is 637 g/mol. The van der Waals surface area contributed by atoms with Crippen LogP contribution in [0.3, 0.4) is 0 Å². The zero-order valence-electron chi connectivity index (χ0n) is 28.6. The van der Waals surface area contributed by atoms with Crippen LogP contribution in [0, 0.1) is 0 Å². The molecule has 3 nitrogen and oxygen atoms in total. The Balaban J connectivity index is 1.70. The van der Waals surface area contributed by atoms with E-state index < -0.39 is 0 Å². The number of allylic oxidation sites excluding steroid dienone is 8. The predicted molar refractivity (Wildman–Crippen MR) is 213 cm³/mol. The topological polar surface area (TPSA) is 50.7 Å². The summed E-state index contributed by atoms with van der Waals surface area (Å²) in [5.41, 5.74) is 18.3. The first kappa shape index (κ1) is 34.3. The molecule has 0 aromatic heterocycles. The molecule has 0 heterocycles. The van der Waals surface area contributed by atoms with Gasteiger partial charge in [-0.1, -0.05) is 153 Å². The molecule has 5 aromatic rings. The van der Waals surface area contributed by atoms with Gasteiger partial charge in [-0.05, 0) is 95.1 Å². The minimum Gasteiger partial charge on any atom is -0.383 e. The van der Waals surface area contributed by atoms with Crippen molar-refractivity contribution in [2.24, 2.45) is 15.7 Å². The van der Waals surface area contributed by atoms with Crippen molar-refractivity contribution in [1.29, 1.82) is 0 Å². The average molecular weight is 638 g/mol. The number of amidine groups is 2. The van der Waals surface area contributed by atoms with Crippen LogP contribution in [0.4, 0.5) is 0 Å². The SMILES string of the molecule is C=C/C=C(\C=C)c1cc(-c2cc(C(N)=NC(=NC(C)c3ccccc3)c3ccccc3)cc(C(/C=C\C)=C/C)c2)ccc1-c1ccccc1. The summed E-state index contributed by atoms with van der Waals surface area (Å²) in [4.78, 5) is 10.1. The molecule has 0 bridgehead atoms. The van der Waals surface area contributed by atoms with Gasteiger partial charge in [0.25, 0.3) is 0 Å². The smallest absolute Gasteiger partial charge is 0.157 e. The molecule has 5 aromatic carbocycles. The van der Waals surface area contributed by atoms with Crippen LogP contribution in [0.25, 0.3) is 33.4 Å². The maximum atomic E-state index is 6.92. The van der Waals surface area contributed by atoms with Gasteiger partial charge in [0, 0.05) is 11.1 Å². The lowest BCUT2D eigenvalue weighted by molar-refractivity contribution is 0.818. The van der Waals surface area contributed by atoms with Gasteiger partial charge in [-0.2, -0.15) is 0 Å². The fourth-order valence-corrected chi connectivity index (χ4v) is 5.80. The zero-order valence-corrected chi connectivity index (χ0v) is 28.6. The molecule has 0 saturated heterocycles. The Morgan fingerprint density at radius 2 is 1.33 bits per heavy atom. The van der Waals surface area contributed by atoms with Crippen LogP contribution in [-0.4, -0.2) is 11.7 Å². The molecule has 242 valence electrons. The Hall–Kier alpha value is -6.06. The standard InChI is InChI=1S/C46H43N3/c1-6-19-34(8-3)40-29-41(39-27-28-43(37-23-15-11-16-24-37)44(32-39)35(9-4)20-7-2)31-42(30-40)45(47)49-46(38-25-17-12-18-26-38)48-33(5)36-21-13-10-14-22-36/h6-33H,2,4H2,1,3,5H3,(H2,47,48,49)/b19-6-,34-8+,35-20+. The summed E-state index contributed by atoms with van der Waals surface area (Å²) in [5.74, 6) is 0.974. The van der Waals surface area contributed by atoms with Crippen LogP contribution in [0.5, 0.6) is 0 Å². The number of nitrogens with zero attached hydrogens (tertiary/aromatic N) is 2. The highest BCUT2D eigenvalue weighted by Gasteiger charge is 2.15. The normalized spacial score (nSPS) is 13.4. The number of benzene rings is 5. The first-order valence-electron chi connectivity index (χ1n) is 16.6. The van der Waals surface area contributed by atoms with Crippen molar-refractivity contribution < 1.29 is 0 Å². The Morgan fingerprint density at radius 3 is 1.96 bits per heavy atom. The van der Waals surface area contributed by atoms with E-state index in [1.807, 2.05) is 86.7 Å². The van der Waals surface area contributed by atoms with E-state index in [2.05, 4.69) is 105 Å². The Morgan fingerprint density at radius 1 is 0.673 bits per heavy atom. The lowest BCUT2D eigenvalue weighted by atomic mass is 9.89. The van der Waals surface area contributed by atoms with Gasteiger partial charge < -0.3 is 5.73 Å². The molecule has 2 N–H and O–H groups in total. The first-order valence-corrected chi connectivity index (χ1v) is 16.6. The van der Waals surface area contributed by atoms with Crippen LogP contribution in [0.1, 0.15) is 54.6 Å². The molecule has 1 unspecified atom stereocenters. The predicted octanol–water partition coefficient (Wildman–Crippen LogP) is 11.7. The second-order valence-corrected chi connectivity index (χ2v) is 11.6. The summed E-state index contributed by atoms with van der Waals surface area (Å²) in [6.07, 6.45) is 11.9. The minimum atomic E-state index is -0.108. The molecular weight excluding hydrogens is 595 g/mol. The first-order chi connectivity index (χ1) is 23.9. The third kappa shape index (κ3) is 8.46. The Kier molecular flexibility index (Phi) is 11.7. The molecule has 0 aliphatic heterocycles. The summed E-state index contributed by atoms with van der Waals surface area (Å²) in [5, 5.41) is 0. The molecule has 49 heavy (non-hydrogen) atoms. The van der Waals surface area contributed by atoms with E-state index in [1.165, 1.54) is 0 Å². The van der Waals surface area contributed by atoms with Crippen molar-refractivity contribution in [2.45, 2.75) is 26.8 Å². The summed E-state index contributed by atoms with van der Waals surface area (Å²) in [7, 11) is 0. The molecule has 0 aliphatic rings. The van der Waals surface area contributed by atoms with E-state index in [0.29, 0.717) is 11.7 Å². The summed E-state index contributed by atoms with van der Waals surface area (Å²) < 4.78 is 0. The van der Waals surface area contributed by atoms with Crippen molar-refractivity contribution in [3.05, 3.63) is 205 Å². The average Bonchev–Trinajstić information content (AvgIpc) is 3.16. The van der Waals surface area contributed by atoms with E-state index in [1.54, 1.807) is 6.08 Å². The molecule has 0 saturated carbocycles. The number of nitrogens with two attached hydrogens (primary N) is 1. The zero-order chi connectivity index (χ0) is 34.6. The second-order valence-electron chi connectivity index (χ2n) is 11.6. The molecule has 0 spiro atoms. The molecule has 1 atom stereocenters. The van der Waals surface area contributed by atoms with Gasteiger partial charge in [0.15, 0.2) is 5.84 Å². The maximum absolute atomic E-state index is 6.92. The number of hydrogen-bond acceptors (Lipinski definition) is 1. The highest BCUT2D eigenvalue weighted by Crippen LogP contribution is 2.35. The minimum absolute atomic E-state index is 0.108. The van der Waals surface area contributed by atoms with E-state index in [0.717, 1.165) is 61.2 Å². The van der Waals surface area contributed by atoms with Gasteiger partial charge >= 0.3 is 0 Å². The lowest BCUT2D eigenvalue weighted by Gasteiger charge is -2.16. The molecule has 0 amide bonds. The van der Waals surface area contributed by atoms with Gasteiger partial charge in [-0.3, -0.25) is 4.99 Å². The van der Waals surface area contributed by atoms with Crippen molar-refractivity contribution in [1.82, 2.24) is 0 Å². The molecule has 0 fully saturated rings. The van der Waals surface area contributed by atoms with Gasteiger partial charge in [0.1, 0.15) is 5.84 Å². The molecule has 0 radical (unpaired) electrons. The van der Waals surface area contributed by atoms with E-state index in [4.69, 9.17) is 15.7 Å². The number of aliphatic imine (C=N–C) groups is 2. The van der Waals surface area contributed by atoms with E-state index in [-0.39, 0.29) is 6.04 Å². The quantitative estimate of drug-likeness (QED) is 0.0874. The van der Waals surface area contributed by atoms with E-state index >= 15 is 0 Å². The fourth-order valence-electron chi connectivity index (χ4n) is 5.80. The Bertz CT molecular complexity index is 2060. The molecule has 5 rings (SSSR count). The van der Waals surface area contributed by atoms with Crippen LogP contribution in [0.15, 0.2) is 187 Å². The van der Waals surface area contributed by atoms with E-state index in [9.17, 15) is 0 Å². The number of rotatable bonds is 11. The molecular formula is C46H43N3. The second kappa shape index (κ2) is 16.7. The lowest BCUT2D eigenvalue weighted by Crippen LogP contribution is -2.17. The van der Waals surface area contributed by atoms with Crippen molar-refractivity contribution in [3.8, 4) is 22.3 Å². The van der Waals surface area contributed by atoms with Gasteiger partial charge in [0.05, 0.1) is 6.04 Å². The third-order valence-corrected chi connectivity index (χ3v) is 8.34. The summed E-state index contributed by atoms with van der Waals surface area (Å²) in [6.45, 7) is 14.2. The van der Waals surface area contributed by atoms with Gasteiger partial charge in [-0.25, -0.2) is 4.99 Å². The molecule has 0 aliphatic carbocycles. The third-order valence-electron chi connectivity index (χ3n) is 8.34. The van der Waals surface area contributed by atoms with Crippen LogP contribution >= 0.6 is 0 Å². The van der Waals surface area contributed by atoms with Crippen molar-refractivity contribution in [2.75, 3.05) is 0 Å². The van der Waals surface area contributed by atoms with Crippen LogP contribution in [0.2, 0.25) is 0 Å². The van der Waals surface area contributed by atoms with Crippen LogP contribution < -0.4 is 5.73 Å². The Labute approximate surface area is 291 Å². The molecule has 3 heteroatoms. The summed E-state index contributed by atoms with van der Waals surface area (Å²) >= 11 is 0. The van der Waals surface area contributed by atoms with Crippen LogP contribution in [-0.2, 0) is 0 Å². The highest BCUT2D eigenvalue weighted by molar-refractivity contribution is 6.11. The summed E-state index contributed by atoms with van der Waals surface area (Å²) in [6, 6.07) is 43.5. The maximum Gasteiger partial charge on any atom is 0.157 e. The van der Waals surface area contributed by atoms with Crippen molar-refractivity contribution in [3.63, 3.8) is 0 Å². The van der Waals surface area contributed by atoms with Gasteiger partial charge in [0.2, 0.25) is 0 Å². The van der Waals surface area contributed by atoms with Gasteiger partial charge in [-0.15, -0.1) is 0 Å². The fraction of sp³-hybridized carbons (Fsp3) is 0.0870. The highest BCUT2D eigenvalue weighted by atomic mass is 15.0. The van der Waals surface area contributed by atoms with Crippen molar-refractivity contribution >= 4 is 22.8 Å². The largest absolute Gasteiger partial charge is 0.383 e.